The maximum Gasteiger partial charge on any atom is 0.253 e. The second-order valence-corrected chi connectivity index (χ2v) is 6.20. The van der Waals surface area contributed by atoms with E-state index in [4.69, 9.17) is 34.8 Å². The normalized spacial score (nSPS) is 10.8. The van der Waals surface area contributed by atoms with Crippen LogP contribution in [0.4, 0.5) is 0 Å². The first-order valence-corrected chi connectivity index (χ1v) is 7.32. The third-order valence-electron chi connectivity index (χ3n) is 2.70. The van der Waals surface area contributed by atoms with Crippen molar-refractivity contribution in [2.75, 3.05) is 0 Å². The molecule has 2 nitrogen and oxygen atoms in total. The molecule has 0 aliphatic carbocycles. The number of hydrogen-bond acceptors (Lipinski definition) is 1. The number of rotatable bonds is 2. The van der Waals surface area contributed by atoms with Crippen molar-refractivity contribution in [1.29, 1.82) is 0 Å². The van der Waals surface area contributed by atoms with E-state index in [1.165, 1.54) is 0 Å². The van der Waals surface area contributed by atoms with Gasteiger partial charge in [0.25, 0.3) is 5.56 Å². The van der Waals surface area contributed by atoms with Crippen LogP contribution in [0, 0.1) is 6.92 Å². The fraction of sp³-hybridized carbons (Fsp3) is 0.154. The summed E-state index contributed by atoms with van der Waals surface area (Å²) in [5, 5.41) is 1.28. The molecule has 2 rings (SSSR count). The summed E-state index contributed by atoms with van der Waals surface area (Å²) in [7, 11) is 0. The number of hydrogen-bond donors (Lipinski definition) is 0. The van der Waals surface area contributed by atoms with Crippen LogP contribution in [0.5, 0.6) is 0 Å². The van der Waals surface area contributed by atoms with Crippen molar-refractivity contribution in [3.8, 4) is 0 Å². The molecule has 0 N–H and O–H groups in total. The predicted octanol–water partition coefficient (Wildman–Crippen LogP) is 4.93. The highest BCUT2D eigenvalue weighted by Gasteiger charge is 2.12. The molecule has 2 aromatic rings. The molecule has 0 amide bonds. The average Bonchev–Trinajstić information content (AvgIpc) is 2.35. The number of aryl methyl sites for hydroxylation is 1. The molecule has 0 radical (unpaired) electrons. The zero-order chi connectivity index (χ0) is 14.2. The fourth-order valence-corrected chi connectivity index (χ4v) is 3.00. The summed E-state index contributed by atoms with van der Waals surface area (Å²) in [6, 6.07) is 5.06. The van der Waals surface area contributed by atoms with Crippen molar-refractivity contribution >= 4 is 50.7 Å². The quantitative estimate of drug-likeness (QED) is 0.676. The first-order valence-electron chi connectivity index (χ1n) is 5.39. The molecule has 19 heavy (non-hydrogen) atoms. The zero-order valence-electron chi connectivity index (χ0n) is 9.88. The fourth-order valence-electron chi connectivity index (χ4n) is 1.74. The lowest BCUT2D eigenvalue weighted by molar-refractivity contribution is 0.749. The summed E-state index contributed by atoms with van der Waals surface area (Å²) in [5.41, 5.74) is 1.19. The Morgan fingerprint density at radius 2 is 1.84 bits per heavy atom. The number of nitrogens with zero attached hydrogens (tertiary/aromatic N) is 1. The SMILES string of the molecule is Cc1cc(Br)cn(Cc2c(Cl)ccc(Cl)c2Cl)c1=O. The average molecular weight is 381 g/mol. The molecular formula is C13H9BrCl3NO. The van der Waals surface area contributed by atoms with E-state index in [-0.39, 0.29) is 12.1 Å². The lowest BCUT2D eigenvalue weighted by Gasteiger charge is -2.12. The summed E-state index contributed by atoms with van der Waals surface area (Å²) in [6.07, 6.45) is 1.70. The van der Waals surface area contributed by atoms with Crippen molar-refractivity contribution in [2.45, 2.75) is 13.5 Å². The minimum Gasteiger partial charge on any atom is -0.310 e. The molecule has 0 saturated heterocycles. The van der Waals surface area contributed by atoms with Crippen molar-refractivity contribution in [1.82, 2.24) is 4.57 Å². The minimum atomic E-state index is -0.0877. The lowest BCUT2D eigenvalue weighted by atomic mass is 10.2. The highest BCUT2D eigenvalue weighted by molar-refractivity contribution is 9.10. The van der Waals surface area contributed by atoms with Gasteiger partial charge in [-0.15, -0.1) is 0 Å². The molecule has 1 aromatic heterocycles. The molecule has 0 aliphatic heterocycles. The Labute approximate surface area is 134 Å². The van der Waals surface area contributed by atoms with Gasteiger partial charge in [-0.25, -0.2) is 0 Å². The lowest BCUT2D eigenvalue weighted by Crippen LogP contribution is -2.22. The number of aromatic nitrogens is 1. The van der Waals surface area contributed by atoms with Crippen LogP contribution in [0.1, 0.15) is 11.1 Å². The van der Waals surface area contributed by atoms with Crippen molar-refractivity contribution < 1.29 is 0 Å². The second kappa shape index (κ2) is 5.88. The Kier molecular flexibility index (Phi) is 4.62. The molecule has 0 unspecified atom stereocenters. The smallest absolute Gasteiger partial charge is 0.253 e. The van der Waals surface area contributed by atoms with E-state index < -0.39 is 0 Å². The van der Waals surface area contributed by atoms with Crippen LogP contribution >= 0.6 is 50.7 Å². The van der Waals surface area contributed by atoms with Gasteiger partial charge < -0.3 is 4.57 Å². The van der Waals surface area contributed by atoms with Crippen molar-refractivity contribution in [3.05, 3.63) is 65.4 Å². The summed E-state index contributed by atoms with van der Waals surface area (Å²) >= 11 is 21.6. The molecule has 0 atom stereocenters. The van der Waals surface area contributed by atoms with Gasteiger partial charge in [0.1, 0.15) is 0 Å². The van der Waals surface area contributed by atoms with Gasteiger partial charge in [-0.05, 0) is 41.1 Å². The van der Waals surface area contributed by atoms with Gasteiger partial charge in [-0.3, -0.25) is 4.79 Å². The third-order valence-corrected chi connectivity index (χ3v) is 4.33. The van der Waals surface area contributed by atoms with Crippen LogP contribution in [-0.2, 0) is 6.54 Å². The van der Waals surface area contributed by atoms with E-state index in [1.54, 1.807) is 35.9 Å². The first kappa shape index (κ1) is 14.9. The maximum absolute atomic E-state index is 12.1. The molecule has 100 valence electrons. The summed E-state index contributed by atoms with van der Waals surface area (Å²) in [5.74, 6) is 0. The van der Waals surface area contributed by atoms with Gasteiger partial charge in [0, 0.05) is 26.8 Å². The van der Waals surface area contributed by atoms with E-state index in [0.29, 0.717) is 26.2 Å². The molecule has 1 aromatic carbocycles. The standard InChI is InChI=1S/C13H9BrCl3NO/c1-7-4-8(14)5-18(13(7)19)6-9-10(15)2-3-11(16)12(9)17/h2-5H,6H2,1H3. The van der Waals surface area contributed by atoms with E-state index in [0.717, 1.165) is 4.47 Å². The number of benzene rings is 1. The highest BCUT2D eigenvalue weighted by atomic mass is 79.9. The molecule has 0 aliphatic rings. The molecule has 1 heterocycles. The topological polar surface area (TPSA) is 22.0 Å². The maximum atomic E-state index is 12.1. The van der Waals surface area contributed by atoms with Crippen LogP contribution in [-0.4, -0.2) is 4.57 Å². The second-order valence-electron chi connectivity index (χ2n) is 4.10. The molecule has 0 fully saturated rings. The molecule has 6 heteroatoms. The zero-order valence-corrected chi connectivity index (χ0v) is 13.7. The van der Waals surface area contributed by atoms with Gasteiger partial charge in [0.05, 0.1) is 16.6 Å². The number of halogens is 4. The summed E-state index contributed by atoms with van der Waals surface area (Å²) < 4.78 is 2.36. The minimum absolute atomic E-state index is 0.0877. The Morgan fingerprint density at radius 1 is 1.21 bits per heavy atom. The van der Waals surface area contributed by atoms with Gasteiger partial charge in [0.2, 0.25) is 0 Å². The largest absolute Gasteiger partial charge is 0.310 e. The van der Waals surface area contributed by atoms with E-state index >= 15 is 0 Å². The molecule has 0 bridgehead atoms. The highest BCUT2D eigenvalue weighted by Crippen LogP contribution is 2.31. The van der Waals surface area contributed by atoms with Crippen LogP contribution in [0.2, 0.25) is 15.1 Å². The Bertz CT molecular complexity index is 697. The molecule has 0 saturated carbocycles. The van der Waals surface area contributed by atoms with Crippen LogP contribution in [0.25, 0.3) is 0 Å². The van der Waals surface area contributed by atoms with Gasteiger partial charge in [-0.1, -0.05) is 34.8 Å². The third kappa shape index (κ3) is 3.16. The van der Waals surface area contributed by atoms with Gasteiger partial charge >= 0.3 is 0 Å². The van der Waals surface area contributed by atoms with E-state index in [2.05, 4.69) is 15.9 Å². The first-order chi connectivity index (χ1) is 8.90. The Balaban J connectivity index is 2.54. The van der Waals surface area contributed by atoms with Crippen LogP contribution in [0.15, 0.2) is 33.7 Å². The van der Waals surface area contributed by atoms with Crippen molar-refractivity contribution in [3.63, 3.8) is 0 Å². The van der Waals surface area contributed by atoms with Crippen LogP contribution < -0.4 is 5.56 Å². The summed E-state index contributed by atoms with van der Waals surface area (Å²) in [6.45, 7) is 2.03. The summed E-state index contributed by atoms with van der Waals surface area (Å²) in [4.78, 5) is 12.1. The monoisotopic (exact) mass is 379 g/mol. The predicted molar refractivity (Wildman–Crippen MR) is 83.7 cm³/mol. The van der Waals surface area contributed by atoms with Gasteiger partial charge in [-0.2, -0.15) is 0 Å². The molecular weight excluding hydrogens is 372 g/mol. The number of pyridine rings is 1. The Morgan fingerprint density at radius 3 is 2.53 bits per heavy atom. The van der Waals surface area contributed by atoms with Gasteiger partial charge in [0.15, 0.2) is 0 Å². The van der Waals surface area contributed by atoms with Crippen LogP contribution in [0.3, 0.4) is 0 Å². The van der Waals surface area contributed by atoms with Crippen molar-refractivity contribution in [2.24, 2.45) is 0 Å². The van der Waals surface area contributed by atoms with E-state index in [9.17, 15) is 4.79 Å². The molecule has 0 spiro atoms. The van der Waals surface area contributed by atoms with E-state index in [1.807, 2.05) is 0 Å². The Hall–Kier alpha value is -0.480.